The van der Waals surface area contributed by atoms with E-state index in [1.54, 1.807) is 0 Å². The van der Waals surface area contributed by atoms with Crippen LogP contribution in [0.25, 0.3) is 0 Å². The minimum atomic E-state index is 0.525. The molecule has 0 radical (unpaired) electrons. The first-order valence-corrected chi connectivity index (χ1v) is 8.98. The van der Waals surface area contributed by atoms with Crippen LogP contribution >= 0.6 is 11.3 Å². The van der Waals surface area contributed by atoms with E-state index in [1.165, 1.54) is 62.4 Å². The van der Waals surface area contributed by atoms with E-state index in [0.717, 1.165) is 6.54 Å². The van der Waals surface area contributed by atoms with Gasteiger partial charge in [-0.3, -0.25) is 0 Å². The fourth-order valence-electron chi connectivity index (χ4n) is 3.63. The van der Waals surface area contributed by atoms with Crippen molar-refractivity contribution in [3.05, 3.63) is 11.1 Å². The predicted octanol–water partition coefficient (Wildman–Crippen LogP) is 3.80. The summed E-state index contributed by atoms with van der Waals surface area (Å²) in [5.41, 5.74) is 1.90. The van der Waals surface area contributed by atoms with Crippen LogP contribution in [0.5, 0.6) is 0 Å². The van der Waals surface area contributed by atoms with E-state index >= 15 is 0 Å². The van der Waals surface area contributed by atoms with Crippen LogP contribution in [0.2, 0.25) is 0 Å². The summed E-state index contributed by atoms with van der Waals surface area (Å²) in [6.45, 7) is 7.68. The van der Waals surface area contributed by atoms with Gasteiger partial charge in [0, 0.05) is 31.1 Å². The molecule has 1 spiro atoms. The Hall–Kier alpha value is -0.610. The quantitative estimate of drug-likeness (QED) is 0.915. The van der Waals surface area contributed by atoms with Crippen LogP contribution < -0.4 is 10.2 Å². The smallest absolute Gasteiger partial charge is 0.185 e. The molecular formula is C16H27N3S. The molecule has 112 valence electrons. The Bertz CT molecular complexity index is 425. The Morgan fingerprint density at radius 3 is 2.60 bits per heavy atom. The first-order valence-electron chi connectivity index (χ1n) is 8.10. The summed E-state index contributed by atoms with van der Waals surface area (Å²) in [5, 5.41) is 6.89. The second kappa shape index (κ2) is 6.02. The van der Waals surface area contributed by atoms with Crippen LogP contribution in [-0.2, 0) is 6.54 Å². The molecule has 1 aromatic heterocycles. The zero-order chi connectivity index (χ0) is 14.0. The van der Waals surface area contributed by atoms with Crippen LogP contribution in [-0.4, -0.2) is 24.1 Å². The van der Waals surface area contributed by atoms with Crippen molar-refractivity contribution in [1.82, 2.24) is 10.3 Å². The number of nitrogens with one attached hydrogen (secondary N) is 1. The molecule has 3 rings (SSSR count). The SMILES string of the molecule is CC(C)NCc1csc(N2CCC3(CCCC3)CC2)n1. The highest BCUT2D eigenvalue weighted by Crippen LogP contribution is 2.46. The van der Waals surface area contributed by atoms with Crippen LogP contribution in [0.4, 0.5) is 5.13 Å². The molecule has 0 atom stereocenters. The summed E-state index contributed by atoms with van der Waals surface area (Å²) in [4.78, 5) is 7.31. The molecule has 0 bridgehead atoms. The summed E-state index contributed by atoms with van der Waals surface area (Å²) >= 11 is 1.81. The molecule has 20 heavy (non-hydrogen) atoms. The Kier molecular flexibility index (Phi) is 4.32. The molecule has 2 aliphatic rings. The topological polar surface area (TPSA) is 28.2 Å². The number of thiazole rings is 1. The third-order valence-electron chi connectivity index (χ3n) is 4.99. The lowest BCUT2D eigenvalue weighted by atomic mass is 9.77. The van der Waals surface area contributed by atoms with Gasteiger partial charge < -0.3 is 10.2 Å². The number of rotatable bonds is 4. The van der Waals surface area contributed by atoms with Gasteiger partial charge in [0.2, 0.25) is 0 Å². The van der Waals surface area contributed by atoms with Crippen molar-refractivity contribution in [2.24, 2.45) is 5.41 Å². The summed E-state index contributed by atoms with van der Waals surface area (Å²) < 4.78 is 0. The summed E-state index contributed by atoms with van der Waals surface area (Å²) in [7, 11) is 0. The van der Waals surface area contributed by atoms with E-state index in [2.05, 4.69) is 29.4 Å². The van der Waals surface area contributed by atoms with Crippen LogP contribution in [0.15, 0.2) is 5.38 Å². The maximum atomic E-state index is 4.80. The van der Waals surface area contributed by atoms with Gasteiger partial charge in [0.15, 0.2) is 5.13 Å². The van der Waals surface area contributed by atoms with Crippen LogP contribution in [0, 0.1) is 5.41 Å². The zero-order valence-electron chi connectivity index (χ0n) is 12.8. The molecule has 0 amide bonds. The third-order valence-corrected chi connectivity index (χ3v) is 5.94. The maximum absolute atomic E-state index is 4.80. The second-order valence-electron chi connectivity index (χ2n) is 6.85. The number of hydrogen-bond acceptors (Lipinski definition) is 4. The maximum Gasteiger partial charge on any atom is 0.185 e. The number of nitrogens with zero attached hydrogens (tertiary/aromatic N) is 2. The monoisotopic (exact) mass is 293 g/mol. The summed E-state index contributed by atoms with van der Waals surface area (Å²) in [5.74, 6) is 0. The third kappa shape index (κ3) is 3.17. The Balaban J connectivity index is 1.55. The van der Waals surface area contributed by atoms with Gasteiger partial charge in [0.1, 0.15) is 0 Å². The molecule has 1 aromatic rings. The van der Waals surface area contributed by atoms with Crippen molar-refractivity contribution in [3.63, 3.8) is 0 Å². The molecule has 1 saturated carbocycles. The average Bonchev–Trinajstić information content (AvgIpc) is 3.08. The molecule has 2 heterocycles. The molecule has 0 unspecified atom stereocenters. The lowest BCUT2D eigenvalue weighted by molar-refractivity contribution is 0.226. The normalized spacial score (nSPS) is 22.1. The molecular weight excluding hydrogens is 266 g/mol. The molecule has 2 fully saturated rings. The van der Waals surface area contributed by atoms with Gasteiger partial charge in [0.25, 0.3) is 0 Å². The predicted molar refractivity (Wildman–Crippen MR) is 86.4 cm³/mol. The van der Waals surface area contributed by atoms with Gasteiger partial charge in [-0.15, -0.1) is 11.3 Å². The van der Waals surface area contributed by atoms with E-state index in [1.807, 2.05) is 11.3 Å². The minimum Gasteiger partial charge on any atom is -0.348 e. The van der Waals surface area contributed by atoms with Gasteiger partial charge in [-0.1, -0.05) is 26.7 Å². The largest absolute Gasteiger partial charge is 0.348 e. The van der Waals surface area contributed by atoms with E-state index in [0.29, 0.717) is 11.5 Å². The highest BCUT2D eigenvalue weighted by molar-refractivity contribution is 7.13. The fourth-order valence-corrected chi connectivity index (χ4v) is 4.51. The van der Waals surface area contributed by atoms with E-state index in [-0.39, 0.29) is 0 Å². The first kappa shape index (κ1) is 14.3. The minimum absolute atomic E-state index is 0.525. The Labute approximate surface area is 126 Å². The molecule has 1 aliphatic carbocycles. The summed E-state index contributed by atoms with van der Waals surface area (Å²) in [6.07, 6.45) is 8.63. The molecule has 1 aliphatic heterocycles. The molecule has 0 aromatic carbocycles. The molecule has 1 N–H and O–H groups in total. The first-order chi connectivity index (χ1) is 9.67. The molecule has 3 nitrogen and oxygen atoms in total. The van der Waals surface area contributed by atoms with Crippen molar-refractivity contribution in [2.75, 3.05) is 18.0 Å². The zero-order valence-corrected chi connectivity index (χ0v) is 13.6. The molecule has 4 heteroatoms. The van der Waals surface area contributed by atoms with Gasteiger partial charge in [-0.25, -0.2) is 4.98 Å². The Morgan fingerprint density at radius 1 is 1.25 bits per heavy atom. The number of aromatic nitrogens is 1. The summed E-state index contributed by atoms with van der Waals surface area (Å²) in [6, 6.07) is 0.525. The highest BCUT2D eigenvalue weighted by Gasteiger charge is 2.37. The Morgan fingerprint density at radius 2 is 1.95 bits per heavy atom. The lowest BCUT2D eigenvalue weighted by Gasteiger charge is -2.39. The standard InChI is InChI=1S/C16H27N3S/c1-13(2)17-11-14-12-20-15(18-14)19-9-7-16(8-10-19)5-3-4-6-16/h12-13,17H,3-11H2,1-2H3. The lowest BCUT2D eigenvalue weighted by Crippen LogP contribution is -2.38. The highest BCUT2D eigenvalue weighted by atomic mass is 32.1. The van der Waals surface area contributed by atoms with Gasteiger partial charge in [-0.2, -0.15) is 0 Å². The van der Waals surface area contributed by atoms with Crippen molar-refractivity contribution in [2.45, 2.75) is 65.0 Å². The van der Waals surface area contributed by atoms with Gasteiger partial charge in [-0.05, 0) is 31.1 Å². The van der Waals surface area contributed by atoms with Crippen LogP contribution in [0.3, 0.4) is 0 Å². The van der Waals surface area contributed by atoms with E-state index in [4.69, 9.17) is 4.98 Å². The van der Waals surface area contributed by atoms with Crippen molar-refractivity contribution in [1.29, 1.82) is 0 Å². The van der Waals surface area contributed by atoms with Crippen molar-refractivity contribution in [3.8, 4) is 0 Å². The van der Waals surface area contributed by atoms with Crippen LogP contribution in [0.1, 0.15) is 58.1 Å². The number of hydrogen-bond donors (Lipinski definition) is 1. The molecule has 1 saturated heterocycles. The van der Waals surface area contributed by atoms with Crippen molar-refractivity contribution < 1.29 is 0 Å². The van der Waals surface area contributed by atoms with E-state index in [9.17, 15) is 0 Å². The van der Waals surface area contributed by atoms with Gasteiger partial charge >= 0.3 is 0 Å². The number of anilines is 1. The second-order valence-corrected chi connectivity index (χ2v) is 7.69. The van der Waals surface area contributed by atoms with E-state index < -0.39 is 0 Å². The fraction of sp³-hybridized carbons (Fsp3) is 0.812. The average molecular weight is 293 g/mol. The number of piperidine rings is 1. The van der Waals surface area contributed by atoms with Crippen molar-refractivity contribution >= 4 is 16.5 Å². The van der Waals surface area contributed by atoms with Gasteiger partial charge in [0.05, 0.1) is 5.69 Å².